The number of hydrogen-bond donors (Lipinski definition) is 1. The highest BCUT2D eigenvalue weighted by Gasteiger charge is 2.32. The molecule has 2 unspecified atom stereocenters. The summed E-state index contributed by atoms with van der Waals surface area (Å²) in [7, 11) is 0. The Morgan fingerprint density at radius 1 is 1.56 bits per heavy atom. The maximum absolute atomic E-state index is 11.5. The molecule has 1 heterocycles. The summed E-state index contributed by atoms with van der Waals surface area (Å²) in [6.45, 7) is 1.89. The number of rotatable bonds is 3. The van der Waals surface area contributed by atoms with Crippen molar-refractivity contribution in [3.63, 3.8) is 0 Å². The van der Waals surface area contributed by atoms with Crippen LogP contribution in [0.4, 0.5) is 0 Å². The molecule has 2 rings (SSSR count). The van der Waals surface area contributed by atoms with Crippen LogP contribution in [0.15, 0.2) is 18.2 Å². The molecular weight excluding hydrogens is 228 g/mol. The third-order valence-corrected chi connectivity index (χ3v) is 3.02. The number of benzene rings is 1. The Morgan fingerprint density at radius 3 is 3.00 bits per heavy atom. The van der Waals surface area contributed by atoms with E-state index in [1.54, 1.807) is 18.2 Å². The number of hydrogen-bond acceptors (Lipinski definition) is 3. The first-order valence-corrected chi connectivity index (χ1v) is 5.68. The van der Waals surface area contributed by atoms with Crippen molar-refractivity contribution in [2.45, 2.75) is 32.0 Å². The summed E-state index contributed by atoms with van der Waals surface area (Å²) in [5, 5.41) is 10.1. The van der Waals surface area contributed by atoms with Gasteiger partial charge in [0.2, 0.25) is 0 Å². The minimum absolute atomic E-state index is 0.338. The Morgan fingerprint density at radius 2 is 2.31 bits per heavy atom. The summed E-state index contributed by atoms with van der Waals surface area (Å²) in [4.78, 5) is 11.5. The van der Waals surface area contributed by atoms with E-state index in [9.17, 15) is 9.90 Å². The number of aliphatic hydroxyl groups is 1. The number of ether oxygens (including phenoxy) is 1. The molecule has 0 fully saturated rings. The minimum atomic E-state index is -0.445. The molecule has 0 aliphatic carbocycles. The Labute approximate surface area is 99.0 Å². The van der Waals surface area contributed by atoms with Gasteiger partial charge in [-0.05, 0) is 18.6 Å². The Kier molecular flexibility index (Phi) is 3.17. The molecule has 0 bridgehead atoms. The second-order valence-electron chi connectivity index (χ2n) is 3.92. The molecule has 1 aromatic rings. The number of carbonyl (C=O) groups is 1. The lowest BCUT2D eigenvalue weighted by Gasteiger charge is -2.14. The van der Waals surface area contributed by atoms with Crippen LogP contribution >= 0.6 is 11.6 Å². The van der Waals surface area contributed by atoms with Gasteiger partial charge in [0.1, 0.15) is 6.10 Å². The molecule has 4 heteroatoms. The summed E-state index contributed by atoms with van der Waals surface area (Å²) in [5.41, 5.74) is 1.34. The van der Waals surface area contributed by atoms with Crippen LogP contribution in [-0.2, 0) is 4.74 Å². The number of fused-ring (bicyclic) bond motifs is 1. The maximum Gasteiger partial charge on any atom is 0.339 e. The van der Waals surface area contributed by atoms with E-state index in [0.29, 0.717) is 23.4 Å². The number of aliphatic hydroxyl groups excluding tert-OH is 1. The summed E-state index contributed by atoms with van der Waals surface area (Å²) in [6.07, 6.45) is 0.308. The minimum Gasteiger partial charge on any atom is -0.454 e. The molecule has 2 atom stereocenters. The van der Waals surface area contributed by atoms with Crippen LogP contribution in [0.5, 0.6) is 0 Å². The van der Waals surface area contributed by atoms with E-state index < -0.39 is 6.10 Å². The van der Waals surface area contributed by atoms with E-state index in [4.69, 9.17) is 16.3 Å². The van der Waals surface area contributed by atoms with E-state index >= 15 is 0 Å². The van der Waals surface area contributed by atoms with Crippen LogP contribution in [0, 0.1) is 0 Å². The van der Waals surface area contributed by atoms with E-state index in [-0.39, 0.29) is 12.1 Å². The van der Waals surface area contributed by atoms with Gasteiger partial charge in [-0.15, -0.1) is 0 Å². The van der Waals surface area contributed by atoms with Crippen LogP contribution in [-0.4, -0.2) is 17.2 Å². The molecular formula is C12H13ClO3. The monoisotopic (exact) mass is 240 g/mol. The van der Waals surface area contributed by atoms with Crippen molar-refractivity contribution in [3.05, 3.63) is 34.3 Å². The molecule has 3 nitrogen and oxygen atoms in total. The molecule has 1 aromatic carbocycles. The van der Waals surface area contributed by atoms with Crippen molar-refractivity contribution in [3.8, 4) is 0 Å². The summed E-state index contributed by atoms with van der Waals surface area (Å²) in [6, 6.07) is 5.13. The van der Waals surface area contributed by atoms with E-state index in [0.717, 1.165) is 5.56 Å². The number of esters is 1. The molecule has 0 spiro atoms. The van der Waals surface area contributed by atoms with Crippen LogP contribution in [0.3, 0.4) is 0 Å². The maximum atomic E-state index is 11.5. The first-order valence-electron chi connectivity index (χ1n) is 5.30. The highest BCUT2D eigenvalue weighted by atomic mass is 35.5. The molecule has 0 radical (unpaired) electrons. The van der Waals surface area contributed by atoms with Gasteiger partial charge in [-0.1, -0.05) is 24.6 Å². The zero-order valence-corrected chi connectivity index (χ0v) is 9.70. The normalized spacial score (nSPS) is 20.4. The highest BCUT2D eigenvalue weighted by molar-refractivity contribution is 6.31. The zero-order chi connectivity index (χ0) is 11.7. The van der Waals surface area contributed by atoms with Gasteiger partial charge in [0.25, 0.3) is 0 Å². The molecule has 0 saturated heterocycles. The van der Waals surface area contributed by atoms with E-state index in [1.165, 1.54) is 0 Å². The zero-order valence-electron chi connectivity index (χ0n) is 8.94. The second kappa shape index (κ2) is 4.44. The standard InChI is InChI=1S/C12H13ClO3/c1-2-8(14)6-11-9-4-3-7(13)5-10(9)12(15)16-11/h3-5,8,11,14H,2,6H2,1H3. The van der Waals surface area contributed by atoms with E-state index in [2.05, 4.69) is 0 Å². The Hall–Kier alpha value is -1.06. The average Bonchev–Trinajstić information content (AvgIpc) is 2.55. The van der Waals surface area contributed by atoms with Crippen molar-refractivity contribution < 1.29 is 14.6 Å². The van der Waals surface area contributed by atoms with Crippen molar-refractivity contribution in [1.82, 2.24) is 0 Å². The molecule has 86 valence electrons. The first kappa shape index (κ1) is 11.4. The largest absolute Gasteiger partial charge is 0.454 e. The third kappa shape index (κ3) is 2.06. The third-order valence-electron chi connectivity index (χ3n) is 2.79. The lowest BCUT2D eigenvalue weighted by molar-refractivity contribution is 0.0233. The first-order chi connectivity index (χ1) is 7.61. The lowest BCUT2D eigenvalue weighted by atomic mass is 10.00. The molecule has 1 aliphatic heterocycles. The smallest absolute Gasteiger partial charge is 0.339 e. The Bertz CT molecular complexity index is 417. The molecule has 1 N–H and O–H groups in total. The molecule has 0 aromatic heterocycles. The molecule has 0 saturated carbocycles. The summed E-state index contributed by atoms with van der Waals surface area (Å²) < 4.78 is 5.20. The van der Waals surface area contributed by atoms with Crippen molar-refractivity contribution >= 4 is 17.6 Å². The molecule has 1 aliphatic rings. The van der Waals surface area contributed by atoms with Gasteiger partial charge >= 0.3 is 5.97 Å². The SMILES string of the molecule is CCC(O)CC1OC(=O)c2cc(Cl)ccc21. The fourth-order valence-corrected chi connectivity index (χ4v) is 2.00. The lowest BCUT2D eigenvalue weighted by Crippen LogP contribution is -2.11. The molecule has 16 heavy (non-hydrogen) atoms. The van der Waals surface area contributed by atoms with Gasteiger partial charge in [-0.3, -0.25) is 0 Å². The van der Waals surface area contributed by atoms with Crippen LogP contribution in [0.1, 0.15) is 41.8 Å². The van der Waals surface area contributed by atoms with Crippen molar-refractivity contribution in [2.75, 3.05) is 0 Å². The van der Waals surface area contributed by atoms with Crippen molar-refractivity contribution in [2.24, 2.45) is 0 Å². The van der Waals surface area contributed by atoms with E-state index in [1.807, 2.05) is 6.92 Å². The van der Waals surface area contributed by atoms with Gasteiger partial charge < -0.3 is 9.84 Å². The fourth-order valence-electron chi connectivity index (χ4n) is 1.83. The van der Waals surface area contributed by atoms with Gasteiger partial charge in [0.05, 0.1) is 11.7 Å². The second-order valence-corrected chi connectivity index (χ2v) is 4.36. The predicted octanol–water partition coefficient (Wildman–Crippen LogP) is 2.71. The van der Waals surface area contributed by atoms with Crippen molar-refractivity contribution in [1.29, 1.82) is 0 Å². The Balaban J connectivity index is 2.26. The number of cyclic esters (lactones) is 1. The number of halogens is 1. The summed E-state index contributed by atoms with van der Waals surface area (Å²) >= 11 is 5.81. The van der Waals surface area contributed by atoms with Gasteiger partial charge in [0, 0.05) is 17.0 Å². The van der Waals surface area contributed by atoms with Crippen LogP contribution in [0.25, 0.3) is 0 Å². The van der Waals surface area contributed by atoms with Crippen LogP contribution in [0.2, 0.25) is 5.02 Å². The highest BCUT2D eigenvalue weighted by Crippen LogP contribution is 2.35. The van der Waals surface area contributed by atoms with Gasteiger partial charge in [-0.25, -0.2) is 4.79 Å². The van der Waals surface area contributed by atoms with Gasteiger partial charge in [0.15, 0.2) is 0 Å². The molecule has 0 amide bonds. The summed E-state index contributed by atoms with van der Waals surface area (Å²) in [5.74, 6) is -0.356. The average molecular weight is 241 g/mol. The van der Waals surface area contributed by atoms with Crippen LogP contribution < -0.4 is 0 Å². The predicted molar refractivity (Wildman–Crippen MR) is 60.5 cm³/mol. The van der Waals surface area contributed by atoms with Gasteiger partial charge in [-0.2, -0.15) is 0 Å². The quantitative estimate of drug-likeness (QED) is 0.827. The fraction of sp³-hybridized carbons (Fsp3) is 0.417. The number of carbonyl (C=O) groups excluding carboxylic acids is 1. The topological polar surface area (TPSA) is 46.5 Å².